The van der Waals surface area contributed by atoms with Gasteiger partial charge in [0.05, 0.1) is 25.9 Å². The molecule has 11 nitrogen and oxygen atoms in total. The summed E-state index contributed by atoms with van der Waals surface area (Å²) in [6.07, 6.45) is 0.740. The zero-order valence-corrected chi connectivity index (χ0v) is 21.2. The summed E-state index contributed by atoms with van der Waals surface area (Å²) in [6.45, 7) is 1.06. The highest BCUT2D eigenvalue weighted by Gasteiger charge is 2.37. The first kappa shape index (κ1) is 23.9. The lowest BCUT2D eigenvalue weighted by atomic mass is 9.98. The Morgan fingerprint density at radius 3 is 2.51 bits per heavy atom. The number of nitrogens with two attached hydrogens (primary N) is 1. The van der Waals surface area contributed by atoms with Crippen LogP contribution in [0.3, 0.4) is 0 Å². The average molecular weight is 534 g/mol. The van der Waals surface area contributed by atoms with Gasteiger partial charge in [0.2, 0.25) is 10.0 Å². The molecule has 0 saturated carbocycles. The van der Waals surface area contributed by atoms with Crippen LogP contribution in [0, 0.1) is 0 Å². The number of sulfone groups is 1. The topological polar surface area (TPSA) is 168 Å². The summed E-state index contributed by atoms with van der Waals surface area (Å²) >= 11 is 1.44. The smallest absolute Gasteiger partial charge is 0.240 e. The van der Waals surface area contributed by atoms with E-state index in [9.17, 15) is 16.8 Å². The fourth-order valence-corrected chi connectivity index (χ4v) is 8.64. The number of benzene rings is 2. The minimum absolute atomic E-state index is 0.00884. The highest BCUT2D eigenvalue weighted by Crippen LogP contribution is 2.40. The SMILES string of the molecule is CNc1nc2c(-c3ccc(S(=O)(=O)C4CCNCC4)c(S(N)(=O)=O)c3C3=NCN=N3)cccc2s1. The Balaban J connectivity index is 1.85. The molecule has 3 heterocycles. The van der Waals surface area contributed by atoms with Crippen LogP contribution < -0.4 is 15.8 Å². The summed E-state index contributed by atoms with van der Waals surface area (Å²) in [6, 6.07) is 8.43. The van der Waals surface area contributed by atoms with Crippen LogP contribution in [0.1, 0.15) is 18.4 Å². The van der Waals surface area contributed by atoms with E-state index in [0.29, 0.717) is 47.7 Å². The van der Waals surface area contributed by atoms with Gasteiger partial charge in [0.1, 0.15) is 4.90 Å². The first-order valence-corrected chi connectivity index (χ1v) is 14.8. The van der Waals surface area contributed by atoms with E-state index >= 15 is 0 Å². The van der Waals surface area contributed by atoms with Gasteiger partial charge in [-0.3, -0.25) is 0 Å². The quantitative estimate of drug-likeness (QED) is 0.437. The molecular formula is C21H23N7O4S3. The van der Waals surface area contributed by atoms with E-state index in [2.05, 4.69) is 30.8 Å². The molecule has 35 heavy (non-hydrogen) atoms. The van der Waals surface area contributed by atoms with Crippen molar-refractivity contribution in [2.75, 3.05) is 32.1 Å². The number of primary sulfonamides is 1. The zero-order chi connectivity index (χ0) is 24.8. The number of aromatic nitrogens is 1. The van der Waals surface area contributed by atoms with E-state index in [1.165, 1.54) is 17.4 Å². The maximum atomic E-state index is 13.7. The first-order chi connectivity index (χ1) is 16.7. The third-order valence-electron chi connectivity index (χ3n) is 6.03. The third kappa shape index (κ3) is 4.25. The lowest BCUT2D eigenvalue weighted by molar-refractivity contribution is 0.495. The van der Waals surface area contributed by atoms with E-state index in [0.717, 1.165) is 4.70 Å². The fourth-order valence-electron chi connectivity index (χ4n) is 4.43. The summed E-state index contributed by atoms with van der Waals surface area (Å²) < 4.78 is 54.2. The molecule has 0 atom stereocenters. The number of nitrogens with one attached hydrogen (secondary N) is 2. The number of rotatable bonds is 6. The van der Waals surface area contributed by atoms with Crippen LogP contribution in [0.2, 0.25) is 0 Å². The van der Waals surface area contributed by atoms with Crippen molar-refractivity contribution < 1.29 is 16.8 Å². The number of anilines is 1. The van der Waals surface area contributed by atoms with Crippen molar-refractivity contribution in [3.05, 3.63) is 35.9 Å². The second-order valence-corrected chi connectivity index (χ2v) is 12.9. The number of thiazole rings is 1. The molecule has 184 valence electrons. The van der Waals surface area contributed by atoms with Crippen LogP contribution in [0.5, 0.6) is 0 Å². The number of nitrogens with zero attached hydrogens (tertiary/aromatic N) is 4. The first-order valence-electron chi connectivity index (χ1n) is 10.9. The van der Waals surface area contributed by atoms with E-state index in [1.54, 1.807) is 19.2 Å². The van der Waals surface area contributed by atoms with Crippen molar-refractivity contribution in [3.63, 3.8) is 0 Å². The summed E-state index contributed by atoms with van der Waals surface area (Å²) in [4.78, 5) is 8.01. The summed E-state index contributed by atoms with van der Waals surface area (Å²) in [5, 5.41) is 19.7. The number of sulfonamides is 1. The van der Waals surface area contributed by atoms with Gasteiger partial charge in [-0.1, -0.05) is 29.5 Å². The molecule has 2 aromatic carbocycles. The molecule has 14 heteroatoms. The van der Waals surface area contributed by atoms with Crippen molar-refractivity contribution in [1.82, 2.24) is 10.3 Å². The Bertz CT molecular complexity index is 1590. The normalized spacial score (nSPS) is 17.1. The predicted molar refractivity (Wildman–Crippen MR) is 135 cm³/mol. The molecule has 0 bridgehead atoms. The van der Waals surface area contributed by atoms with Crippen molar-refractivity contribution >= 4 is 52.4 Å². The third-order valence-corrected chi connectivity index (χ3v) is 10.5. The van der Waals surface area contributed by atoms with Crippen LogP contribution in [-0.4, -0.2) is 59.7 Å². The van der Waals surface area contributed by atoms with Crippen LogP contribution in [0.4, 0.5) is 5.13 Å². The Morgan fingerprint density at radius 2 is 1.86 bits per heavy atom. The van der Waals surface area contributed by atoms with Crippen LogP contribution in [0.25, 0.3) is 21.3 Å². The van der Waals surface area contributed by atoms with Gasteiger partial charge in [-0.15, -0.1) is 5.11 Å². The van der Waals surface area contributed by atoms with E-state index in [1.807, 2.05) is 12.1 Å². The number of azo groups is 1. The maximum absolute atomic E-state index is 13.7. The van der Waals surface area contributed by atoms with Crippen molar-refractivity contribution in [3.8, 4) is 11.1 Å². The van der Waals surface area contributed by atoms with Crippen LogP contribution in [0.15, 0.2) is 55.3 Å². The number of fused-ring (bicyclic) bond motifs is 1. The number of hydrogen-bond acceptors (Lipinski definition) is 11. The van der Waals surface area contributed by atoms with E-state index in [4.69, 9.17) is 5.14 Å². The van der Waals surface area contributed by atoms with Gasteiger partial charge in [0.15, 0.2) is 27.5 Å². The van der Waals surface area contributed by atoms with Gasteiger partial charge in [0.25, 0.3) is 0 Å². The lowest BCUT2D eigenvalue weighted by Crippen LogP contribution is -2.36. The molecule has 1 fully saturated rings. The number of hydrogen-bond donors (Lipinski definition) is 3. The highest BCUT2D eigenvalue weighted by atomic mass is 32.2. The average Bonchev–Trinajstić information content (AvgIpc) is 3.53. The van der Waals surface area contributed by atoms with E-state index in [-0.39, 0.29) is 23.0 Å². The molecule has 2 aliphatic heterocycles. The molecule has 0 unspecified atom stereocenters. The predicted octanol–water partition coefficient (Wildman–Crippen LogP) is 2.35. The summed E-state index contributed by atoms with van der Waals surface area (Å²) in [5.41, 5.74) is 1.68. The molecule has 5 rings (SSSR count). The van der Waals surface area contributed by atoms with Crippen LogP contribution >= 0.6 is 11.3 Å². The van der Waals surface area contributed by atoms with Crippen molar-refractivity contribution in [1.29, 1.82) is 0 Å². The van der Waals surface area contributed by atoms with Crippen molar-refractivity contribution in [2.24, 2.45) is 20.4 Å². The number of piperidine rings is 1. The minimum Gasteiger partial charge on any atom is -0.365 e. The molecule has 0 amide bonds. The van der Waals surface area contributed by atoms with Gasteiger partial charge in [-0.2, -0.15) is 5.11 Å². The summed E-state index contributed by atoms with van der Waals surface area (Å²) in [5.74, 6) is 0.0208. The van der Waals surface area contributed by atoms with Gasteiger partial charge in [-0.25, -0.2) is 32.0 Å². The minimum atomic E-state index is -4.51. The molecule has 4 N–H and O–H groups in total. The monoisotopic (exact) mass is 533 g/mol. The number of amidine groups is 1. The second-order valence-electron chi connectivity index (χ2n) is 8.14. The van der Waals surface area contributed by atoms with Gasteiger partial charge in [0, 0.05) is 12.6 Å². The molecular weight excluding hydrogens is 510 g/mol. The molecule has 3 aromatic rings. The Hall–Kier alpha value is -2.78. The Labute approximate surface area is 206 Å². The number of aliphatic imine (C=N–C) groups is 1. The molecule has 1 saturated heterocycles. The second kappa shape index (κ2) is 9.02. The van der Waals surface area contributed by atoms with Crippen LogP contribution in [-0.2, 0) is 19.9 Å². The van der Waals surface area contributed by atoms with Gasteiger partial charge in [-0.05, 0) is 43.6 Å². The molecule has 0 spiro atoms. The van der Waals surface area contributed by atoms with Crippen molar-refractivity contribution in [2.45, 2.75) is 27.9 Å². The molecule has 2 aliphatic rings. The summed E-state index contributed by atoms with van der Waals surface area (Å²) in [7, 11) is -6.77. The highest BCUT2D eigenvalue weighted by molar-refractivity contribution is 7.94. The number of para-hydroxylation sites is 1. The lowest BCUT2D eigenvalue weighted by Gasteiger charge is -2.24. The zero-order valence-electron chi connectivity index (χ0n) is 18.7. The largest absolute Gasteiger partial charge is 0.365 e. The molecule has 0 aliphatic carbocycles. The van der Waals surface area contributed by atoms with E-state index < -0.39 is 30.0 Å². The fraction of sp³-hybridized carbons (Fsp3) is 0.333. The Morgan fingerprint density at radius 1 is 1.09 bits per heavy atom. The molecule has 1 aromatic heterocycles. The van der Waals surface area contributed by atoms with Gasteiger partial charge < -0.3 is 10.6 Å². The maximum Gasteiger partial charge on any atom is 0.240 e. The Kier molecular flexibility index (Phi) is 6.17. The molecule has 0 radical (unpaired) electrons. The standard InChI is InChI=1S/C21H23N7O4S3/c1-23-21-27-18-14(3-2-4-15(18)33-21)13-5-6-16(34(29,30)12-7-9-24-10-8-12)19(35(22,31)32)17(13)20-25-11-26-28-20/h2-6,12,24H,7-11H2,1H3,(H,23,27)(H2,22,31,32). The van der Waals surface area contributed by atoms with Gasteiger partial charge >= 0.3 is 0 Å².